The molecule has 5 nitrogen and oxygen atoms in total. The first-order chi connectivity index (χ1) is 9.46. The summed E-state index contributed by atoms with van der Waals surface area (Å²) in [7, 11) is -3.49. The van der Waals surface area contributed by atoms with Gasteiger partial charge in [-0.25, -0.2) is 17.5 Å². The van der Waals surface area contributed by atoms with Gasteiger partial charge in [-0.15, -0.1) is 0 Å². The van der Waals surface area contributed by atoms with E-state index in [0.717, 1.165) is 6.26 Å². The molecule has 0 fully saturated rings. The first-order valence-electron chi connectivity index (χ1n) is 6.50. The zero-order valence-corrected chi connectivity index (χ0v) is 13.4. The maximum absolute atomic E-state index is 13.0. The number of hydrogen-bond donors (Lipinski definition) is 2. The molecular weight excluding hydrogens is 295 g/mol. The molecule has 0 spiro atoms. The van der Waals surface area contributed by atoms with Gasteiger partial charge in [0.25, 0.3) is 0 Å². The number of hydrogen-bond acceptors (Lipinski definition) is 3. The second-order valence-corrected chi connectivity index (χ2v) is 7.78. The van der Waals surface area contributed by atoms with Crippen LogP contribution in [-0.2, 0) is 14.8 Å². The van der Waals surface area contributed by atoms with Crippen molar-refractivity contribution in [2.24, 2.45) is 0 Å². The van der Waals surface area contributed by atoms with Crippen molar-refractivity contribution in [2.45, 2.75) is 38.8 Å². The van der Waals surface area contributed by atoms with Gasteiger partial charge in [0.05, 0.1) is 12.3 Å². The lowest BCUT2D eigenvalue weighted by Crippen LogP contribution is -2.42. The Hall–Kier alpha value is -1.47. The quantitative estimate of drug-likeness (QED) is 0.868. The van der Waals surface area contributed by atoms with Crippen molar-refractivity contribution in [3.8, 4) is 0 Å². The lowest BCUT2D eigenvalue weighted by Gasteiger charge is -2.23. The van der Waals surface area contributed by atoms with Gasteiger partial charge in [-0.05, 0) is 38.5 Å². The van der Waals surface area contributed by atoms with E-state index in [1.807, 2.05) is 20.8 Å². The number of benzene rings is 1. The van der Waals surface area contributed by atoms with Gasteiger partial charge in [0, 0.05) is 12.0 Å². The van der Waals surface area contributed by atoms with Crippen LogP contribution in [0.2, 0.25) is 0 Å². The summed E-state index contributed by atoms with van der Waals surface area (Å²) < 4.78 is 38.2. The summed E-state index contributed by atoms with van der Waals surface area (Å²) in [5.74, 6) is -0.705. The molecular formula is C14H21FN2O3S. The SMILES string of the molecule is CC(C)(C)NC(=O)CC(NS(C)(=O)=O)c1ccc(F)cc1. The molecule has 0 aromatic heterocycles. The van der Waals surface area contributed by atoms with Gasteiger partial charge in [-0.1, -0.05) is 12.1 Å². The van der Waals surface area contributed by atoms with Crippen molar-refractivity contribution in [2.75, 3.05) is 6.26 Å². The molecule has 1 aromatic rings. The molecule has 0 aliphatic carbocycles. The van der Waals surface area contributed by atoms with Crippen molar-refractivity contribution in [1.82, 2.24) is 10.0 Å². The van der Waals surface area contributed by atoms with Crippen molar-refractivity contribution >= 4 is 15.9 Å². The summed E-state index contributed by atoms with van der Waals surface area (Å²) in [5, 5.41) is 2.77. The third kappa shape index (κ3) is 7.19. The average molecular weight is 316 g/mol. The fourth-order valence-electron chi connectivity index (χ4n) is 1.84. The Morgan fingerprint density at radius 3 is 2.19 bits per heavy atom. The molecule has 1 rings (SSSR count). The van der Waals surface area contributed by atoms with Crippen LogP contribution in [0.4, 0.5) is 4.39 Å². The van der Waals surface area contributed by atoms with Gasteiger partial charge in [0.1, 0.15) is 5.82 Å². The summed E-state index contributed by atoms with van der Waals surface area (Å²) in [4.78, 5) is 12.0. The van der Waals surface area contributed by atoms with Gasteiger partial charge in [0.15, 0.2) is 0 Å². The fourth-order valence-corrected chi connectivity index (χ4v) is 2.57. The third-order valence-electron chi connectivity index (χ3n) is 2.53. The predicted molar refractivity (Wildman–Crippen MR) is 79.6 cm³/mol. The molecule has 1 aromatic carbocycles. The summed E-state index contributed by atoms with van der Waals surface area (Å²) in [6.45, 7) is 5.51. The normalized spacial score (nSPS) is 13.8. The molecule has 0 heterocycles. The first-order valence-corrected chi connectivity index (χ1v) is 8.39. The van der Waals surface area contributed by atoms with E-state index in [4.69, 9.17) is 0 Å². The number of nitrogens with one attached hydrogen (secondary N) is 2. The summed E-state index contributed by atoms with van der Waals surface area (Å²) >= 11 is 0. The highest BCUT2D eigenvalue weighted by molar-refractivity contribution is 7.88. The molecule has 0 aliphatic heterocycles. The lowest BCUT2D eigenvalue weighted by atomic mass is 10.0. The van der Waals surface area contributed by atoms with Gasteiger partial charge >= 0.3 is 0 Å². The minimum Gasteiger partial charge on any atom is -0.351 e. The highest BCUT2D eigenvalue weighted by Gasteiger charge is 2.22. The third-order valence-corrected chi connectivity index (χ3v) is 3.25. The smallest absolute Gasteiger partial charge is 0.222 e. The molecule has 7 heteroatoms. The van der Waals surface area contributed by atoms with Gasteiger partial charge < -0.3 is 5.32 Å². The van der Waals surface area contributed by atoms with E-state index in [1.165, 1.54) is 24.3 Å². The van der Waals surface area contributed by atoms with E-state index < -0.39 is 27.4 Å². The highest BCUT2D eigenvalue weighted by atomic mass is 32.2. The average Bonchev–Trinajstić information content (AvgIpc) is 2.24. The summed E-state index contributed by atoms with van der Waals surface area (Å²) in [6.07, 6.45) is 0.959. The maximum atomic E-state index is 13.0. The van der Waals surface area contributed by atoms with Gasteiger partial charge in [-0.2, -0.15) is 0 Å². The number of sulfonamides is 1. The van der Waals surface area contributed by atoms with Crippen LogP contribution in [0.3, 0.4) is 0 Å². The molecule has 21 heavy (non-hydrogen) atoms. The van der Waals surface area contributed by atoms with E-state index >= 15 is 0 Å². The molecule has 0 aliphatic rings. The number of carbonyl (C=O) groups is 1. The Balaban J connectivity index is 2.93. The number of carbonyl (C=O) groups excluding carboxylic acids is 1. The Labute approximate surface area is 125 Å². The highest BCUT2D eigenvalue weighted by Crippen LogP contribution is 2.19. The van der Waals surface area contributed by atoms with Crippen LogP contribution in [0.25, 0.3) is 0 Å². The Kier molecular flexibility index (Phi) is 5.47. The first kappa shape index (κ1) is 17.6. The zero-order valence-electron chi connectivity index (χ0n) is 12.6. The Bertz CT molecular complexity index is 592. The van der Waals surface area contributed by atoms with E-state index in [1.54, 1.807) is 0 Å². The molecule has 1 atom stereocenters. The monoisotopic (exact) mass is 316 g/mol. The standard InChI is InChI=1S/C14H21FN2O3S/c1-14(2,3)16-13(18)9-12(17-21(4,19)20)10-5-7-11(15)8-6-10/h5-8,12,17H,9H2,1-4H3,(H,16,18). The number of rotatable bonds is 5. The van der Waals surface area contributed by atoms with Crippen LogP contribution in [-0.4, -0.2) is 26.1 Å². The number of amides is 1. The molecule has 0 radical (unpaired) electrons. The largest absolute Gasteiger partial charge is 0.351 e. The summed E-state index contributed by atoms with van der Waals surface area (Å²) in [5.41, 5.74) is 0.126. The van der Waals surface area contributed by atoms with Gasteiger partial charge in [-0.3, -0.25) is 4.79 Å². The van der Waals surface area contributed by atoms with Crippen molar-refractivity contribution in [3.05, 3.63) is 35.6 Å². The van der Waals surface area contributed by atoms with Crippen molar-refractivity contribution < 1.29 is 17.6 Å². The van der Waals surface area contributed by atoms with Crippen LogP contribution in [0, 0.1) is 5.82 Å². The molecule has 0 saturated heterocycles. The number of halogens is 1. The zero-order chi connectivity index (χ0) is 16.3. The van der Waals surface area contributed by atoms with E-state index in [2.05, 4.69) is 10.0 Å². The van der Waals surface area contributed by atoms with Crippen LogP contribution >= 0.6 is 0 Å². The summed E-state index contributed by atoms with van der Waals surface area (Å²) in [6, 6.07) is 4.65. The Morgan fingerprint density at radius 2 is 1.76 bits per heavy atom. The van der Waals surface area contributed by atoms with Crippen molar-refractivity contribution in [1.29, 1.82) is 0 Å². The molecule has 118 valence electrons. The minimum absolute atomic E-state index is 0.0596. The maximum Gasteiger partial charge on any atom is 0.222 e. The lowest BCUT2D eigenvalue weighted by molar-refractivity contribution is -0.122. The van der Waals surface area contributed by atoms with E-state index in [9.17, 15) is 17.6 Å². The molecule has 1 unspecified atom stereocenters. The Morgan fingerprint density at radius 1 is 1.24 bits per heavy atom. The van der Waals surface area contributed by atoms with Crippen LogP contribution in [0.1, 0.15) is 38.8 Å². The minimum atomic E-state index is -3.49. The molecule has 0 bridgehead atoms. The molecule has 0 saturated carbocycles. The fraction of sp³-hybridized carbons (Fsp3) is 0.500. The second-order valence-electron chi connectivity index (χ2n) is 6.00. The second kappa shape index (κ2) is 6.53. The van der Waals surface area contributed by atoms with Crippen molar-refractivity contribution in [3.63, 3.8) is 0 Å². The van der Waals surface area contributed by atoms with E-state index in [-0.39, 0.29) is 12.3 Å². The topological polar surface area (TPSA) is 75.3 Å². The molecule has 1 amide bonds. The van der Waals surface area contributed by atoms with E-state index in [0.29, 0.717) is 5.56 Å². The van der Waals surface area contributed by atoms with Crippen LogP contribution < -0.4 is 10.0 Å². The van der Waals surface area contributed by atoms with Gasteiger partial charge in [0.2, 0.25) is 15.9 Å². The molecule has 2 N–H and O–H groups in total. The van der Waals surface area contributed by atoms with Crippen LogP contribution in [0.15, 0.2) is 24.3 Å². The predicted octanol–water partition coefficient (Wildman–Crippen LogP) is 1.72. The van der Waals surface area contributed by atoms with Crippen LogP contribution in [0.5, 0.6) is 0 Å².